The van der Waals surface area contributed by atoms with Crippen molar-refractivity contribution < 1.29 is 24.2 Å². The summed E-state index contributed by atoms with van der Waals surface area (Å²) < 4.78 is 10.8. The predicted octanol–water partition coefficient (Wildman–Crippen LogP) is 1.47. The van der Waals surface area contributed by atoms with E-state index in [4.69, 9.17) is 19.8 Å². The number of carboxylic acid groups (broad SMARTS) is 1. The van der Waals surface area contributed by atoms with Gasteiger partial charge in [0.05, 0.1) is 17.5 Å². The Balaban J connectivity index is 2.06. The number of benzene rings is 1. The van der Waals surface area contributed by atoms with Crippen LogP contribution in [0.4, 0.5) is 0 Å². The summed E-state index contributed by atoms with van der Waals surface area (Å²) in [4.78, 5) is 23.6. The van der Waals surface area contributed by atoms with Gasteiger partial charge in [-0.1, -0.05) is 12.1 Å². The van der Waals surface area contributed by atoms with Crippen LogP contribution >= 0.6 is 0 Å². The summed E-state index contributed by atoms with van der Waals surface area (Å²) in [5, 5.41) is 21.0. The zero-order chi connectivity index (χ0) is 17.6. The van der Waals surface area contributed by atoms with Gasteiger partial charge in [-0.2, -0.15) is 5.26 Å². The number of hydrogen-bond acceptors (Lipinski definition) is 5. The first-order valence-electron chi connectivity index (χ1n) is 7.73. The Morgan fingerprint density at radius 1 is 1.42 bits per heavy atom. The maximum atomic E-state index is 12.4. The van der Waals surface area contributed by atoms with E-state index < -0.39 is 23.5 Å². The summed E-state index contributed by atoms with van der Waals surface area (Å²) in [5.74, 6) is -1.06. The fourth-order valence-corrected chi connectivity index (χ4v) is 2.67. The number of carbonyl (C=O) groups is 2. The number of rotatable bonds is 6. The lowest BCUT2D eigenvalue weighted by Crippen LogP contribution is -2.56. The minimum absolute atomic E-state index is 0.163. The molecule has 1 unspecified atom stereocenters. The number of nitrogens with zero attached hydrogens (tertiary/aromatic N) is 1. The van der Waals surface area contributed by atoms with Crippen molar-refractivity contribution in [2.45, 2.75) is 37.8 Å². The van der Waals surface area contributed by atoms with Crippen LogP contribution in [0.3, 0.4) is 0 Å². The Kier molecular flexibility index (Phi) is 5.77. The van der Waals surface area contributed by atoms with Gasteiger partial charge in [-0.05, 0) is 31.9 Å². The molecule has 0 aliphatic carbocycles. The molecule has 1 aliphatic rings. The Morgan fingerprint density at radius 3 is 2.71 bits per heavy atom. The number of carbonyl (C=O) groups excluding carboxylic acids is 1. The fourth-order valence-electron chi connectivity index (χ4n) is 2.67. The number of carboxylic acids is 1. The summed E-state index contributed by atoms with van der Waals surface area (Å²) in [6.07, 6.45) is -0.143. The lowest BCUT2D eigenvalue weighted by atomic mass is 9.86. The zero-order valence-corrected chi connectivity index (χ0v) is 13.4. The van der Waals surface area contributed by atoms with Gasteiger partial charge < -0.3 is 19.9 Å². The molecule has 1 aromatic rings. The van der Waals surface area contributed by atoms with Crippen molar-refractivity contribution in [3.63, 3.8) is 0 Å². The number of nitrogens with one attached hydrogen (secondary N) is 1. The van der Waals surface area contributed by atoms with Gasteiger partial charge in [0.25, 0.3) is 5.91 Å². The van der Waals surface area contributed by atoms with Crippen LogP contribution in [-0.4, -0.2) is 41.8 Å². The minimum Gasteiger partial charge on any atom is -0.481 e. The molecule has 1 aromatic carbocycles. The van der Waals surface area contributed by atoms with E-state index in [2.05, 4.69) is 5.32 Å². The number of hydrogen-bond donors (Lipinski definition) is 2. The molecule has 0 radical (unpaired) electrons. The highest BCUT2D eigenvalue weighted by atomic mass is 16.5. The van der Waals surface area contributed by atoms with Crippen LogP contribution in [0.5, 0.6) is 5.75 Å². The van der Waals surface area contributed by atoms with Gasteiger partial charge in [-0.3, -0.25) is 9.59 Å². The molecular weight excluding hydrogens is 312 g/mol. The summed E-state index contributed by atoms with van der Waals surface area (Å²) in [6.45, 7) is 2.37. The van der Waals surface area contributed by atoms with E-state index in [-0.39, 0.29) is 6.42 Å². The molecule has 0 bridgehead atoms. The van der Waals surface area contributed by atoms with Crippen molar-refractivity contribution in [2.24, 2.45) is 0 Å². The first-order chi connectivity index (χ1) is 11.5. The van der Waals surface area contributed by atoms with Gasteiger partial charge in [0.15, 0.2) is 6.10 Å². The average Bonchev–Trinajstić information content (AvgIpc) is 2.55. The number of nitriles is 1. The Bertz CT molecular complexity index is 647. The lowest BCUT2D eigenvalue weighted by Gasteiger charge is -2.37. The van der Waals surface area contributed by atoms with Crippen molar-refractivity contribution in [1.82, 2.24) is 5.32 Å². The molecule has 24 heavy (non-hydrogen) atoms. The molecule has 1 amide bonds. The van der Waals surface area contributed by atoms with Gasteiger partial charge in [-0.15, -0.1) is 0 Å². The number of aliphatic carboxylic acids is 1. The van der Waals surface area contributed by atoms with Crippen molar-refractivity contribution in [1.29, 1.82) is 5.26 Å². The highest BCUT2D eigenvalue weighted by Gasteiger charge is 2.37. The van der Waals surface area contributed by atoms with E-state index in [1.807, 2.05) is 6.07 Å². The van der Waals surface area contributed by atoms with E-state index in [1.165, 1.54) is 0 Å². The largest absolute Gasteiger partial charge is 0.481 e. The standard InChI is InChI=1S/C17H20N2O5/c1-12(24-14-5-3-2-4-13(14)11-18)16(22)19-17(10-15(20)21)6-8-23-9-7-17/h2-5,12H,6-10H2,1H3,(H,19,22)(H,20,21). The van der Waals surface area contributed by atoms with E-state index in [9.17, 15) is 9.59 Å². The first-order valence-corrected chi connectivity index (χ1v) is 7.73. The molecule has 0 spiro atoms. The van der Waals surface area contributed by atoms with Crippen molar-refractivity contribution in [3.8, 4) is 11.8 Å². The van der Waals surface area contributed by atoms with Crippen molar-refractivity contribution in [3.05, 3.63) is 29.8 Å². The second-order valence-electron chi connectivity index (χ2n) is 5.82. The molecule has 128 valence electrons. The molecule has 1 fully saturated rings. The Morgan fingerprint density at radius 2 is 2.08 bits per heavy atom. The summed E-state index contributed by atoms with van der Waals surface area (Å²) in [6, 6.07) is 8.64. The van der Waals surface area contributed by atoms with Gasteiger partial charge >= 0.3 is 5.97 Å². The van der Waals surface area contributed by atoms with Gasteiger partial charge in [0, 0.05) is 13.2 Å². The third-order valence-corrected chi connectivity index (χ3v) is 4.01. The van der Waals surface area contributed by atoms with Crippen molar-refractivity contribution >= 4 is 11.9 Å². The van der Waals surface area contributed by atoms with Crippen molar-refractivity contribution in [2.75, 3.05) is 13.2 Å². The van der Waals surface area contributed by atoms with E-state index in [0.29, 0.717) is 37.4 Å². The average molecular weight is 332 g/mol. The van der Waals surface area contributed by atoms with E-state index in [0.717, 1.165) is 0 Å². The summed E-state index contributed by atoms with van der Waals surface area (Å²) >= 11 is 0. The predicted molar refractivity (Wildman–Crippen MR) is 84.4 cm³/mol. The summed E-state index contributed by atoms with van der Waals surface area (Å²) in [7, 11) is 0. The smallest absolute Gasteiger partial charge is 0.305 e. The maximum absolute atomic E-state index is 12.4. The molecule has 7 heteroatoms. The fraction of sp³-hybridized carbons (Fsp3) is 0.471. The van der Waals surface area contributed by atoms with Gasteiger partial charge in [0.2, 0.25) is 0 Å². The second-order valence-corrected chi connectivity index (χ2v) is 5.82. The van der Waals surface area contributed by atoms with E-state index >= 15 is 0 Å². The van der Waals surface area contributed by atoms with Gasteiger partial charge in [0.1, 0.15) is 11.8 Å². The summed E-state index contributed by atoms with van der Waals surface area (Å²) in [5.41, 5.74) is -0.489. The molecule has 1 aliphatic heterocycles. The van der Waals surface area contributed by atoms with E-state index in [1.54, 1.807) is 31.2 Å². The molecule has 2 rings (SSSR count). The number of ether oxygens (including phenoxy) is 2. The monoisotopic (exact) mass is 332 g/mol. The molecule has 0 saturated carbocycles. The molecule has 1 heterocycles. The van der Waals surface area contributed by atoms with Crippen LogP contribution in [0.25, 0.3) is 0 Å². The minimum atomic E-state index is -0.972. The Labute approximate surface area is 140 Å². The third-order valence-electron chi connectivity index (χ3n) is 4.01. The number of para-hydroxylation sites is 1. The van der Waals surface area contributed by atoms with Crippen LogP contribution in [-0.2, 0) is 14.3 Å². The third kappa shape index (κ3) is 4.46. The van der Waals surface area contributed by atoms with Gasteiger partial charge in [-0.25, -0.2) is 0 Å². The maximum Gasteiger partial charge on any atom is 0.305 e. The lowest BCUT2D eigenvalue weighted by molar-refractivity contribution is -0.141. The highest BCUT2D eigenvalue weighted by Crippen LogP contribution is 2.25. The van der Waals surface area contributed by atoms with Crippen LogP contribution in [0.1, 0.15) is 31.7 Å². The van der Waals surface area contributed by atoms with Crippen LogP contribution in [0, 0.1) is 11.3 Å². The van der Waals surface area contributed by atoms with Crippen LogP contribution in [0.15, 0.2) is 24.3 Å². The second kappa shape index (κ2) is 7.79. The van der Waals surface area contributed by atoms with Crippen LogP contribution in [0.2, 0.25) is 0 Å². The normalized spacial score (nSPS) is 17.3. The Hall–Kier alpha value is -2.59. The topological polar surface area (TPSA) is 109 Å². The molecular formula is C17H20N2O5. The number of amides is 1. The molecule has 1 atom stereocenters. The highest BCUT2D eigenvalue weighted by molar-refractivity contribution is 5.82. The van der Waals surface area contributed by atoms with Crippen LogP contribution < -0.4 is 10.1 Å². The molecule has 1 saturated heterocycles. The first kappa shape index (κ1) is 17.8. The zero-order valence-electron chi connectivity index (χ0n) is 13.4. The molecule has 7 nitrogen and oxygen atoms in total. The molecule has 2 N–H and O–H groups in total. The molecule has 0 aromatic heterocycles. The SMILES string of the molecule is CC(Oc1ccccc1C#N)C(=O)NC1(CC(=O)O)CCOCC1. The quantitative estimate of drug-likeness (QED) is 0.816.